The Balaban J connectivity index is 1.80. The molecule has 1 N–H and O–H groups in total. The van der Waals surface area contributed by atoms with E-state index in [4.69, 9.17) is 21.1 Å². The van der Waals surface area contributed by atoms with Gasteiger partial charge in [0, 0.05) is 29.6 Å². The zero-order chi connectivity index (χ0) is 26.7. The molecule has 3 fully saturated rings. The number of ketones is 2. The monoisotopic (exact) mass is 520 g/mol. The van der Waals surface area contributed by atoms with E-state index < -0.39 is 51.7 Å². The molecule has 8 heteroatoms. The molecule has 4 rings (SSSR count). The highest BCUT2D eigenvalue weighted by molar-refractivity contribution is 6.26. The highest BCUT2D eigenvalue weighted by Crippen LogP contribution is 2.72. The molecule has 4 aliphatic carbocycles. The summed E-state index contributed by atoms with van der Waals surface area (Å²) in [7, 11) is 0. The minimum absolute atomic E-state index is 0.0801. The van der Waals surface area contributed by atoms with Crippen molar-refractivity contribution in [3.8, 4) is 0 Å². The fraction of sp³-hybridized carbons (Fsp3) is 0.714. The van der Waals surface area contributed by atoms with Crippen LogP contribution < -0.4 is 0 Å². The molecule has 0 heterocycles. The van der Waals surface area contributed by atoms with Gasteiger partial charge in [0.1, 0.15) is 0 Å². The van der Waals surface area contributed by atoms with Gasteiger partial charge in [0.15, 0.2) is 18.0 Å². The molecular formula is C28H37ClO7. The predicted molar refractivity (Wildman–Crippen MR) is 133 cm³/mol. The summed E-state index contributed by atoms with van der Waals surface area (Å²) in [6, 6.07) is 0. The highest BCUT2D eigenvalue weighted by Gasteiger charge is 2.76. The summed E-state index contributed by atoms with van der Waals surface area (Å²) in [5, 5.41) is 11.8. The molecule has 8 atom stereocenters. The summed E-state index contributed by atoms with van der Waals surface area (Å²) in [5.74, 6) is -2.24. The number of hydrogen-bond donors (Lipinski definition) is 1. The first-order chi connectivity index (χ1) is 16.8. The molecule has 36 heavy (non-hydrogen) atoms. The quantitative estimate of drug-likeness (QED) is 0.415. The second kappa shape index (κ2) is 9.09. The van der Waals surface area contributed by atoms with Crippen molar-refractivity contribution in [3.05, 3.63) is 23.8 Å². The maximum atomic E-state index is 13.9. The molecule has 3 saturated carbocycles. The van der Waals surface area contributed by atoms with E-state index in [-0.39, 0.29) is 42.8 Å². The number of fused-ring (bicyclic) bond motifs is 5. The lowest BCUT2D eigenvalue weighted by molar-refractivity contribution is -0.203. The third-order valence-corrected chi connectivity index (χ3v) is 10.7. The van der Waals surface area contributed by atoms with Crippen LogP contribution in [0.1, 0.15) is 73.1 Å². The average molecular weight is 521 g/mol. The van der Waals surface area contributed by atoms with Gasteiger partial charge in [0.05, 0.1) is 11.0 Å². The van der Waals surface area contributed by atoms with Crippen LogP contribution in [0.4, 0.5) is 0 Å². The van der Waals surface area contributed by atoms with Gasteiger partial charge in [0.2, 0.25) is 5.78 Å². The molecule has 198 valence electrons. The number of Topliss-reactive ketones (excluding diaryl/α,β-unsaturated/α-hetero) is 1. The second-order valence-electron chi connectivity index (χ2n) is 11.4. The maximum absolute atomic E-state index is 13.9. The molecule has 0 aromatic carbocycles. The van der Waals surface area contributed by atoms with E-state index in [1.54, 1.807) is 19.9 Å². The molecule has 0 bridgehead atoms. The third-order valence-electron chi connectivity index (χ3n) is 9.81. The van der Waals surface area contributed by atoms with Crippen molar-refractivity contribution in [3.63, 3.8) is 0 Å². The van der Waals surface area contributed by atoms with Crippen LogP contribution in [0.15, 0.2) is 23.8 Å². The number of carbonyl (C=O) groups excluding carboxylic acids is 4. The molecule has 7 nitrogen and oxygen atoms in total. The van der Waals surface area contributed by atoms with Crippen molar-refractivity contribution in [2.45, 2.75) is 89.7 Å². The lowest BCUT2D eigenvalue weighted by Crippen LogP contribution is -2.69. The molecule has 4 aliphatic rings. The van der Waals surface area contributed by atoms with E-state index in [1.807, 2.05) is 26.8 Å². The van der Waals surface area contributed by atoms with E-state index in [0.29, 0.717) is 19.3 Å². The molecule has 0 radical (unpaired) electrons. The Hall–Kier alpha value is -1.99. The van der Waals surface area contributed by atoms with Crippen molar-refractivity contribution < 1.29 is 33.8 Å². The van der Waals surface area contributed by atoms with Crippen LogP contribution in [-0.4, -0.2) is 51.8 Å². The summed E-state index contributed by atoms with van der Waals surface area (Å²) >= 11 is 7.48. The largest absolute Gasteiger partial charge is 0.457 e. The minimum Gasteiger partial charge on any atom is -0.457 e. The Morgan fingerprint density at radius 2 is 1.81 bits per heavy atom. The topological polar surface area (TPSA) is 107 Å². The zero-order valence-corrected chi connectivity index (χ0v) is 22.5. The van der Waals surface area contributed by atoms with Crippen molar-refractivity contribution in [2.24, 2.45) is 28.6 Å². The Morgan fingerprint density at radius 3 is 2.44 bits per heavy atom. The van der Waals surface area contributed by atoms with Gasteiger partial charge in [-0.1, -0.05) is 46.3 Å². The van der Waals surface area contributed by atoms with Crippen LogP contribution in [0.25, 0.3) is 0 Å². The molecule has 0 spiro atoms. The molecule has 0 unspecified atom stereocenters. The number of rotatable bonds is 6. The first-order valence-electron chi connectivity index (χ1n) is 13.0. The van der Waals surface area contributed by atoms with Crippen LogP contribution in [0, 0.1) is 28.6 Å². The van der Waals surface area contributed by atoms with E-state index in [0.717, 1.165) is 5.57 Å². The van der Waals surface area contributed by atoms with E-state index >= 15 is 0 Å². The van der Waals surface area contributed by atoms with Crippen molar-refractivity contribution in [1.82, 2.24) is 0 Å². The lowest BCUT2D eigenvalue weighted by Gasteiger charge is -2.64. The molecule has 0 aromatic heterocycles. The molecule has 0 aliphatic heterocycles. The van der Waals surface area contributed by atoms with Crippen molar-refractivity contribution >= 4 is 35.1 Å². The van der Waals surface area contributed by atoms with Crippen molar-refractivity contribution in [1.29, 1.82) is 0 Å². The second-order valence-corrected chi connectivity index (χ2v) is 12.0. The molecule has 0 saturated heterocycles. The number of allylic oxidation sites excluding steroid dienone is 4. The smallest absolute Gasteiger partial charge is 0.306 e. The highest BCUT2D eigenvalue weighted by atomic mass is 35.5. The number of esters is 2. The molecule has 0 amide bonds. The SMILES string of the molecule is CCC(=O)OCC(=O)[C@]1(OC(=O)CC)[C@H](C)C[C@H]2[C@@H]3CCC4=CC(=O)C=C[C@]4(C)[C@@]3(Cl)[C@@H](O)C[C@@]21C. The van der Waals surface area contributed by atoms with Crippen LogP contribution >= 0.6 is 11.6 Å². The van der Waals surface area contributed by atoms with E-state index in [1.165, 1.54) is 6.08 Å². The minimum atomic E-state index is -1.55. The van der Waals surface area contributed by atoms with Crippen molar-refractivity contribution in [2.75, 3.05) is 6.61 Å². The van der Waals surface area contributed by atoms with Gasteiger partial charge in [-0.25, -0.2) is 0 Å². The van der Waals surface area contributed by atoms with Crippen LogP contribution in [0.3, 0.4) is 0 Å². The Bertz CT molecular complexity index is 1050. The predicted octanol–water partition coefficient (Wildman–Crippen LogP) is 4.09. The Kier molecular flexibility index (Phi) is 6.83. The normalized spacial score (nSPS) is 43.1. The van der Waals surface area contributed by atoms with Gasteiger partial charge in [-0.15, -0.1) is 11.6 Å². The van der Waals surface area contributed by atoms with Gasteiger partial charge in [0.25, 0.3) is 0 Å². The summed E-state index contributed by atoms with van der Waals surface area (Å²) in [6.07, 6.45) is 6.18. The number of ether oxygens (including phenoxy) is 2. The van der Waals surface area contributed by atoms with Gasteiger partial charge in [-0.2, -0.15) is 0 Å². The first-order valence-corrected chi connectivity index (χ1v) is 13.4. The first kappa shape index (κ1) is 27.1. The van der Waals surface area contributed by atoms with Crippen LogP contribution in [-0.2, 0) is 28.7 Å². The number of aliphatic hydroxyl groups is 1. The summed E-state index contributed by atoms with van der Waals surface area (Å²) in [5.41, 5.74) is -2.27. The number of halogens is 1. The zero-order valence-electron chi connectivity index (χ0n) is 21.8. The lowest BCUT2D eigenvalue weighted by atomic mass is 9.45. The van der Waals surface area contributed by atoms with Gasteiger partial charge in [-0.05, 0) is 49.7 Å². The summed E-state index contributed by atoms with van der Waals surface area (Å²) < 4.78 is 11.3. The molecular weight excluding hydrogens is 484 g/mol. The maximum Gasteiger partial charge on any atom is 0.306 e. The fourth-order valence-corrected chi connectivity index (χ4v) is 8.53. The third kappa shape index (κ3) is 3.48. The standard InChI is InChI=1S/C28H37ClO7/c1-6-23(33)35-15-22(32)28(36-24(34)7-2)16(3)12-20-19-9-8-17-13-18(30)10-11-25(17,4)27(19,29)21(31)14-26(20,28)5/h10-11,13,16,19-21,31H,6-9,12,14-15H2,1-5H3/t16-,19+,20+,21+,25+,26+,27+,28-/m1/s1. The van der Waals surface area contributed by atoms with Gasteiger partial charge >= 0.3 is 11.9 Å². The Morgan fingerprint density at radius 1 is 1.14 bits per heavy atom. The number of aliphatic hydroxyl groups excluding tert-OH is 1. The van der Waals surface area contributed by atoms with Gasteiger partial charge in [-0.3, -0.25) is 19.2 Å². The number of hydrogen-bond acceptors (Lipinski definition) is 7. The molecule has 0 aromatic rings. The van der Waals surface area contributed by atoms with Crippen LogP contribution in [0.2, 0.25) is 0 Å². The van der Waals surface area contributed by atoms with Crippen LogP contribution in [0.5, 0.6) is 0 Å². The number of alkyl halides is 1. The number of carbonyl (C=O) groups is 4. The summed E-state index contributed by atoms with van der Waals surface area (Å²) in [4.78, 5) is 49.5. The fourth-order valence-electron chi connectivity index (χ4n) is 8.01. The summed E-state index contributed by atoms with van der Waals surface area (Å²) in [6.45, 7) is 8.61. The van der Waals surface area contributed by atoms with Gasteiger partial charge < -0.3 is 14.6 Å². The average Bonchev–Trinajstić information content (AvgIpc) is 3.05. The van der Waals surface area contributed by atoms with E-state index in [2.05, 4.69) is 0 Å². The Labute approximate surface area is 217 Å². The van der Waals surface area contributed by atoms with E-state index in [9.17, 15) is 24.3 Å².